The molecule has 0 aliphatic carbocycles. The fraction of sp³-hybridized carbons (Fsp3) is 0.360. The molecule has 1 amide bonds. The number of ether oxygens (including phenoxy) is 2. The standard InChI is InChI=1S/C25H30N8O3/c1-25(2,3)36-24(34)29-18-7-6-15(10-21(18)35-5)17-12-20(33-22(17)23(26)27-14-28-33)19-11-16-13-31(4)8-9-32(16)30-19/h6-7,10-12,14H,8-9,13H2,1-5H3,(H,29,34)(H2,26,27,28). The zero-order valence-electron chi connectivity index (χ0n) is 21.1. The van der Waals surface area contributed by atoms with Gasteiger partial charge in [0, 0.05) is 18.7 Å². The number of aromatic nitrogens is 5. The number of nitrogen functional groups attached to an aromatic ring is 1. The van der Waals surface area contributed by atoms with Crippen molar-refractivity contribution in [2.24, 2.45) is 0 Å². The minimum absolute atomic E-state index is 0.352. The molecule has 11 heteroatoms. The van der Waals surface area contributed by atoms with Gasteiger partial charge in [-0.15, -0.1) is 0 Å². The molecule has 188 valence electrons. The second-order valence-corrected chi connectivity index (χ2v) is 9.87. The number of amides is 1. The smallest absolute Gasteiger partial charge is 0.412 e. The van der Waals surface area contributed by atoms with Crippen LogP contribution >= 0.6 is 0 Å². The van der Waals surface area contributed by atoms with Gasteiger partial charge in [-0.2, -0.15) is 10.2 Å². The van der Waals surface area contributed by atoms with E-state index in [1.165, 1.54) is 6.33 Å². The molecule has 0 bridgehead atoms. The zero-order valence-corrected chi connectivity index (χ0v) is 21.1. The molecule has 0 fully saturated rings. The average Bonchev–Trinajstić information content (AvgIpc) is 3.40. The Hall–Kier alpha value is -4.12. The van der Waals surface area contributed by atoms with Crippen LogP contribution in [0.1, 0.15) is 26.5 Å². The van der Waals surface area contributed by atoms with Gasteiger partial charge in [0.25, 0.3) is 0 Å². The summed E-state index contributed by atoms with van der Waals surface area (Å²) in [6.45, 7) is 8.05. The lowest BCUT2D eigenvalue weighted by atomic mass is 10.1. The number of carbonyl (C=O) groups excluding carboxylic acids is 1. The van der Waals surface area contributed by atoms with Gasteiger partial charge in [0.1, 0.15) is 28.9 Å². The van der Waals surface area contributed by atoms with E-state index >= 15 is 0 Å². The molecule has 4 heterocycles. The normalized spacial score (nSPS) is 14.0. The van der Waals surface area contributed by atoms with Gasteiger partial charge in [0.2, 0.25) is 0 Å². The Kier molecular flexibility index (Phi) is 5.79. The van der Waals surface area contributed by atoms with E-state index in [4.69, 9.17) is 20.3 Å². The number of anilines is 2. The molecule has 0 spiro atoms. The molecular weight excluding hydrogens is 460 g/mol. The highest BCUT2D eigenvalue weighted by molar-refractivity contribution is 5.93. The number of nitrogens with two attached hydrogens (primary N) is 1. The molecule has 3 aromatic heterocycles. The highest BCUT2D eigenvalue weighted by Crippen LogP contribution is 2.38. The summed E-state index contributed by atoms with van der Waals surface area (Å²) in [5, 5.41) is 12.1. The summed E-state index contributed by atoms with van der Waals surface area (Å²) in [5.74, 6) is 0.833. The van der Waals surface area contributed by atoms with E-state index in [2.05, 4.69) is 33.4 Å². The number of benzene rings is 1. The minimum atomic E-state index is -0.613. The van der Waals surface area contributed by atoms with Crippen LogP contribution in [-0.4, -0.2) is 61.7 Å². The minimum Gasteiger partial charge on any atom is -0.495 e. The summed E-state index contributed by atoms with van der Waals surface area (Å²) in [4.78, 5) is 18.8. The van der Waals surface area contributed by atoms with Crippen molar-refractivity contribution in [1.29, 1.82) is 0 Å². The van der Waals surface area contributed by atoms with Crippen LogP contribution in [0.15, 0.2) is 36.7 Å². The molecule has 0 unspecified atom stereocenters. The first-order valence-electron chi connectivity index (χ1n) is 11.7. The van der Waals surface area contributed by atoms with Crippen LogP contribution in [0.5, 0.6) is 5.75 Å². The van der Waals surface area contributed by atoms with Gasteiger partial charge in [-0.25, -0.2) is 14.3 Å². The van der Waals surface area contributed by atoms with E-state index in [9.17, 15) is 4.79 Å². The molecule has 1 aliphatic heterocycles. The topological polar surface area (TPSA) is 125 Å². The average molecular weight is 491 g/mol. The van der Waals surface area contributed by atoms with Crippen LogP contribution in [0.25, 0.3) is 28.0 Å². The lowest BCUT2D eigenvalue weighted by Crippen LogP contribution is -2.30. The molecule has 4 aromatic rings. The van der Waals surface area contributed by atoms with Crippen LogP contribution in [0.3, 0.4) is 0 Å². The molecule has 11 nitrogen and oxygen atoms in total. The van der Waals surface area contributed by atoms with Gasteiger partial charge in [-0.1, -0.05) is 6.07 Å². The van der Waals surface area contributed by atoms with E-state index in [1.807, 2.05) is 43.7 Å². The molecule has 1 aromatic carbocycles. The molecule has 5 rings (SSSR count). The monoisotopic (exact) mass is 490 g/mol. The molecule has 0 radical (unpaired) electrons. The first kappa shape index (κ1) is 23.6. The lowest BCUT2D eigenvalue weighted by molar-refractivity contribution is 0.0635. The van der Waals surface area contributed by atoms with Crippen LogP contribution in [0.2, 0.25) is 0 Å². The number of nitrogens with one attached hydrogen (secondary N) is 1. The first-order chi connectivity index (χ1) is 17.1. The van der Waals surface area contributed by atoms with E-state index < -0.39 is 11.7 Å². The Morgan fingerprint density at radius 2 is 1.97 bits per heavy atom. The predicted molar refractivity (Wildman–Crippen MR) is 137 cm³/mol. The fourth-order valence-corrected chi connectivity index (χ4v) is 4.37. The lowest BCUT2D eigenvalue weighted by Gasteiger charge is -2.22. The second-order valence-electron chi connectivity index (χ2n) is 9.87. The maximum Gasteiger partial charge on any atom is 0.412 e. The molecule has 0 saturated carbocycles. The van der Waals surface area contributed by atoms with Gasteiger partial charge >= 0.3 is 6.09 Å². The van der Waals surface area contributed by atoms with E-state index in [0.717, 1.165) is 47.8 Å². The van der Waals surface area contributed by atoms with Crippen LogP contribution in [0, 0.1) is 0 Å². The molecule has 0 saturated heterocycles. The number of hydrogen-bond donors (Lipinski definition) is 2. The van der Waals surface area contributed by atoms with Crippen molar-refractivity contribution in [3.8, 4) is 28.3 Å². The van der Waals surface area contributed by atoms with Gasteiger partial charge in [-0.3, -0.25) is 14.9 Å². The van der Waals surface area contributed by atoms with Gasteiger partial charge in [0.15, 0.2) is 5.82 Å². The van der Waals surface area contributed by atoms with E-state index in [-0.39, 0.29) is 0 Å². The number of rotatable bonds is 4. The summed E-state index contributed by atoms with van der Waals surface area (Å²) in [6.07, 6.45) is 0.880. The second kappa shape index (κ2) is 8.83. The molecule has 36 heavy (non-hydrogen) atoms. The maximum atomic E-state index is 12.3. The van der Waals surface area contributed by atoms with Crippen molar-refractivity contribution in [2.75, 3.05) is 31.8 Å². The number of fused-ring (bicyclic) bond motifs is 2. The Morgan fingerprint density at radius 1 is 1.17 bits per heavy atom. The number of hydrogen-bond acceptors (Lipinski definition) is 8. The predicted octanol–water partition coefficient (Wildman–Crippen LogP) is 3.64. The van der Waals surface area contributed by atoms with Crippen molar-refractivity contribution >= 4 is 23.1 Å². The number of likely N-dealkylation sites (N-methyl/N-ethyl adjacent to an activating group) is 1. The van der Waals surface area contributed by atoms with Crippen molar-refractivity contribution in [1.82, 2.24) is 29.3 Å². The highest BCUT2D eigenvalue weighted by Gasteiger charge is 2.23. The van der Waals surface area contributed by atoms with Crippen LogP contribution in [0.4, 0.5) is 16.3 Å². The van der Waals surface area contributed by atoms with Crippen LogP contribution < -0.4 is 15.8 Å². The Balaban J connectivity index is 1.56. The van der Waals surface area contributed by atoms with Gasteiger partial charge in [0.05, 0.1) is 30.7 Å². The fourth-order valence-electron chi connectivity index (χ4n) is 4.37. The third-order valence-corrected chi connectivity index (χ3v) is 5.98. The van der Waals surface area contributed by atoms with Crippen molar-refractivity contribution in [3.63, 3.8) is 0 Å². The highest BCUT2D eigenvalue weighted by atomic mass is 16.6. The summed E-state index contributed by atoms with van der Waals surface area (Å²) >= 11 is 0. The first-order valence-corrected chi connectivity index (χ1v) is 11.7. The maximum absolute atomic E-state index is 12.3. The zero-order chi connectivity index (χ0) is 25.6. The van der Waals surface area contributed by atoms with Crippen molar-refractivity contribution < 1.29 is 14.3 Å². The third kappa shape index (κ3) is 4.44. The Bertz CT molecular complexity index is 1450. The van der Waals surface area contributed by atoms with Gasteiger partial charge < -0.3 is 15.2 Å². The van der Waals surface area contributed by atoms with Crippen molar-refractivity contribution in [3.05, 3.63) is 42.4 Å². The molecule has 3 N–H and O–H groups in total. The Morgan fingerprint density at radius 3 is 2.72 bits per heavy atom. The quantitative estimate of drug-likeness (QED) is 0.444. The largest absolute Gasteiger partial charge is 0.495 e. The summed E-state index contributed by atoms with van der Waals surface area (Å²) in [5.41, 5.74) is 11.3. The van der Waals surface area contributed by atoms with Gasteiger partial charge in [-0.05, 0) is 57.6 Å². The Labute approximate surface area is 208 Å². The SMILES string of the molecule is COc1cc(-c2cc(-c3cc4n(n3)CCN(C)C4)n3ncnc(N)c23)ccc1NC(=O)OC(C)(C)C. The molecule has 1 aliphatic rings. The summed E-state index contributed by atoms with van der Waals surface area (Å²) in [6, 6.07) is 9.59. The summed E-state index contributed by atoms with van der Waals surface area (Å²) in [7, 11) is 3.65. The van der Waals surface area contributed by atoms with Crippen molar-refractivity contribution in [2.45, 2.75) is 39.5 Å². The third-order valence-electron chi connectivity index (χ3n) is 5.98. The van der Waals surface area contributed by atoms with Crippen LogP contribution in [-0.2, 0) is 17.8 Å². The summed E-state index contributed by atoms with van der Waals surface area (Å²) < 4.78 is 14.8. The molecule has 0 atom stereocenters. The van der Waals surface area contributed by atoms with E-state index in [0.29, 0.717) is 22.8 Å². The number of nitrogens with zero attached hydrogens (tertiary/aromatic N) is 6. The number of methoxy groups -OCH3 is 1. The molecular formula is C25H30N8O3. The van der Waals surface area contributed by atoms with E-state index in [1.54, 1.807) is 17.7 Å². The number of carbonyl (C=O) groups is 1.